The molecule has 2 heterocycles. The van der Waals surface area contributed by atoms with Gasteiger partial charge in [-0.25, -0.2) is 4.79 Å². The molecule has 142 valence electrons. The Morgan fingerprint density at radius 1 is 1.31 bits per heavy atom. The van der Waals surface area contributed by atoms with E-state index in [9.17, 15) is 9.59 Å². The van der Waals surface area contributed by atoms with Crippen LogP contribution in [0.15, 0.2) is 24.3 Å². The number of carbonyl (C=O) groups is 2. The van der Waals surface area contributed by atoms with Gasteiger partial charge in [0.2, 0.25) is 5.91 Å². The first-order valence-electron chi connectivity index (χ1n) is 9.09. The first-order valence-corrected chi connectivity index (χ1v) is 9.09. The highest BCUT2D eigenvalue weighted by Crippen LogP contribution is 2.37. The number of nitrogens with zero attached hydrogens (tertiary/aromatic N) is 1. The molecule has 2 fully saturated rings. The average Bonchev–Trinajstić information content (AvgIpc) is 3.00. The van der Waals surface area contributed by atoms with Crippen molar-refractivity contribution in [2.45, 2.75) is 32.2 Å². The summed E-state index contributed by atoms with van der Waals surface area (Å²) in [7, 11) is 1.60. The van der Waals surface area contributed by atoms with Crippen molar-refractivity contribution in [3.63, 3.8) is 0 Å². The fourth-order valence-electron chi connectivity index (χ4n) is 3.59. The second kappa shape index (κ2) is 7.85. The molecular formula is C19H27N3O4. The Labute approximate surface area is 154 Å². The normalized spacial score (nSPS) is 19.8. The van der Waals surface area contributed by atoms with Gasteiger partial charge in [0.1, 0.15) is 6.61 Å². The van der Waals surface area contributed by atoms with Crippen molar-refractivity contribution in [2.24, 2.45) is 5.41 Å². The van der Waals surface area contributed by atoms with E-state index in [1.807, 2.05) is 36.1 Å². The van der Waals surface area contributed by atoms with Crippen molar-refractivity contribution in [2.75, 3.05) is 33.4 Å². The molecule has 7 heteroatoms. The van der Waals surface area contributed by atoms with Gasteiger partial charge in [0.15, 0.2) is 11.5 Å². The van der Waals surface area contributed by atoms with Crippen LogP contribution in [0.1, 0.15) is 26.2 Å². The van der Waals surface area contributed by atoms with E-state index >= 15 is 0 Å². The number of methoxy groups -OCH3 is 1. The summed E-state index contributed by atoms with van der Waals surface area (Å²) >= 11 is 0. The van der Waals surface area contributed by atoms with Crippen LogP contribution in [0.5, 0.6) is 11.5 Å². The Bertz CT molecular complexity index is 656. The molecule has 3 rings (SSSR count). The standard InChI is InChI=1S/C19H27N3O4/c1-14(12-26-16-6-4-3-5-15(16)25-2)21-18(24)22-9-7-19(8-10-22)11-17(23)20-13-19/h3-6,14H,7-13H2,1-2H3,(H,20,23)(H,21,24)/t14-/m0/s1. The largest absolute Gasteiger partial charge is 0.493 e. The molecule has 0 bridgehead atoms. The number of para-hydroxylation sites is 2. The van der Waals surface area contributed by atoms with Crippen LogP contribution in [0, 0.1) is 5.41 Å². The Morgan fingerprint density at radius 2 is 2.00 bits per heavy atom. The minimum absolute atomic E-state index is 0.0481. The minimum Gasteiger partial charge on any atom is -0.493 e. The summed E-state index contributed by atoms with van der Waals surface area (Å²) in [5.74, 6) is 1.46. The monoisotopic (exact) mass is 361 g/mol. The van der Waals surface area contributed by atoms with Crippen LogP contribution in [-0.4, -0.2) is 56.2 Å². The molecule has 7 nitrogen and oxygen atoms in total. The molecule has 2 aliphatic heterocycles. The second-order valence-electron chi connectivity index (χ2n) is 7.25. The van der Waals surface area contributed by atoms with Crippen molar-refractivity contribution in [1.82, 2.24) is 15.5 Å². The van der Waals surface area contributed by atoms with Gasteiger partial charge in [0.05, 0.1) is 13.2 Å². The third kappa shape index (κ3) is 4.20. The molecule has 0 aromatic heterocycles. The quantitative estimate of drug-likeness (QED) is 0.838. The maximum absolute atomic E-state index is 12.5. The topological polar surface area (TPSA) is 79.9 Å². The molecule has 1 spiro atoms. The number of hydrogen-bond donors (Lipinski definition) is 2. The number of likely N-dealkylation sites (tertiary alicyclic amines) is 1. The smallest absolute Gasteiger partial charge is 0.317 e. The van der Waals surface area contributed by atoms with Gasteiger partial charge in [0.25, 0.3) is 0 Å². The third-order valence-corrected chi connectivity index (χ3v) is 5.24. The third-order valence-electron chi connectivity index (χ3n) is 5.24. The number of nitrogens with one attached hydrogen (secondary N) is 2. The molecule has 0 saturated carbocycles. The Balaban J connectivity index is 1.44. The fourth-order valence-corrected chi connectivity index (χ4v) is 3.59. The van der Waals surface area contributed by atoms with Crippen LogP contribution in [0.3, 0.4) is 0 Å². The van der Waals surface area contributed by atoms with Gasteiger partial charge in [-0.15, -0.1) is 0 Å². The lowest BCUT2D eigenvalue weighted by Crippen LogP contribution is -2.50. The molecule has 0 radical (unpaired) electrons. The predicted octanol–water partition coefficient (Wildman–Crippen LogP) is 1.77. The molecule has 2 saturated heterocycles. The van der Waals surface area contributed by atoms with Gasteiger partial charge in [-0.2, -0.15) is 0 Å². The Morgan fingerprint density at radius 3 is 2.62 bits per heavy atom. The fraction of sp³-hybridized carbons (Fsp3) is 0.579. The summed E-state index contributed by atoms with van der Waals surface area (Å²) in [6.45, 7) is 4.38. The molecule has 1 atom stereocenters. The first-order chi connectivity index (χ1) is 12.5. The number of carbonyl (C=O) groups excluding carboxylic acids is 2. The van der Waals surface area contributed by atoms with Gasteiger partial charge in [-0.1, -0.05) is 12.1 Å². The highest BCUT2D eigenvalue weighted by atomic mass is 16.5. The molecule has 2 aliphatic rings. The lowest BCUT2D eigenvalue weighted by atomic mass is 9.78. The lowest BCUT2D eigenvalue weighted by Gasteiger charge is -2.38. The molecule has 1 aromatic rings. The predicted molar refractivity (Wildman–Crippen MR) is 97.3 cm³/mol. The van der Waals surface area contributed by atoms with Crippen LogP contribution in [0.25, 0.3) is 0 Å². The summed E-state index contributed by atoms with van der Waals surface area (Å²) < 4.78 is 11.0. The van der Waals surface area contributed by atoms with Gasteiger partial charge in [0, 0.05) is 26.1 Å². The van der Waals surface area contributed by atoms with E-state index in [0.29, 0.717) is 37.6 Å². The Hall–Kier alpha value is -2.44. The van der Waals surface area contributed by atoms with Crippen LogP contribution >= 0.6 is 0 Å². The number of rotatable bonds is 5. The van der Waals surface area contributed by atoms with Crippen molar-refractivity contribution in [3.8, 4) is 11.5 Å². The zero-order chi connectivity index (χ0) is 18.6. The molecule has 1 aromatic carbocycles. The van der Waals surface area contributed by atoms with E-state index in [1.54, 1.807) is 7.11 Å². The number of benzene rings is 1. The van der Waals surface area contributed by atoms with Crippen LogP contribution in [-0.2, 0) is 4.79 Å². The summed E-state index contributed by atoms with van der Waals surface area (Å²) in [6.07, 6.45) is 2.32. The maximum Gasteiger partial charge on any atom is 0.317 e. The summed E-state index contributed by atoms with van der Waals surface area (Å²) in [5.41, 5.74) is 0.0481. The number of hydrogen-bond acceptors (Lipinski definition) is 4. The number of ether oxygens (including phenoxy) is 2. The van der Waals surface area contributed by atoms with Crippen molar-refractivity contribution in [1.29, 1.82) is 0 Å². The van der Waals surface area contributed by atoms with Crippen molar-refractivity contribution >= 4 is 11.9 Å². The van der Waals surface area contributed by atoms with E-state index in [2.05, 4.69) is 10.6 Å². The number of piperidine rings is 1. The van der Waals surface area contributed by atoms with Gasteiger partial charge in [-0.3, -0.25) is 4.79 Å². The Kier molecular flexibility index (Phi) is 5.54. The molecule has 26 heavy (non-hydrogen) atoms. The zero-order valence-corrected chi connectivity index (χ0v) is 15.4. The molecule has 0 unspecified atom stereocenters. The van der Waals surface area contributed by atoms with Crippen molar-refractivity contribution in [3.05, 3.63) is 24.3 Å². The lowest BCUT2D eigenvalue weighted by molar-refractivity contribution is -0.119. The van der Waals surface area contributed by atoms with Gasteiger partial charge >= 0.3 is 6.03 Å². The number of urea groups is 1. The summed E-state index contributed by atoms with van der Waals surface area (Å²) in [6, 6.07) is 7.24. The van der Waals surface area contributed by atoms with Crippen LogP contribution < -0.4 is 20.1 Å². The van der Waals surface area contributed by atoms with E-state index in [1.165, 1.54) is 0 Å². The summed E-state index contributed by atoms with van der Waals surface area (Å²) in [4.78, 5) is 25.8. The van der Waals surface area contributed by atoms with Gasteiger partial charge < -0.3 is 25.0 Å². The minimum atomic E-state index is -0.127. The van der Waals surface area contributed by atoms with Gasteiger partial charge in [-0.05, 0) is 37.3 Å². The second-order valence-corrected chi connectivity index (χ2v) is 7.25. The zero-order valence-electron chi connectivity index (χ0n) is 15.4. The van der Waals surface area contributed by atoms with Crippen LogP contribution in [0.2, 0.25) is 0 Å². The SMILES string of the molecule is COc1ccccc1OC[C@H](C)NC(=O)N1CCC2(CC1)CNC(=O)C2. The first kappa shape index (κ1) is 18.4. The van der Waals surface area contributed by atoms with Crippen LogP contribution in [0.4, 0.5) is 4.79 Å². The van der Waals surface area contributed by atoms with E-state index in [4.69, 9.17) is 9.47 Å². The maximum atomic E-state index is 12.5. The van der Waals surface area contributed by atoms with Crippen molar-refractivity contribution < 1.29 is 19.1 Å². The van der Waals surface area contributed by atoms with E-state index < -0.39 is 0 Å². The summed E-state index contributed by atoms with van der Waals surface area (Å²) in [5, 5.41) is 5.90. The molecular weight excluding hydrogens is 334 g/mol. The van der Waals surface area contributed by atoms with E-state index in [-0.39, 0.29) is 23.4 Å². The average molecular weight is 361 g/mol. The molecule has 3 amide bonds. The van der Waals surface area contributed by atoms with E-state index in [0.717, 1.165) is 19.4 Å². The molecule has 0 aliphatic carbocycles. The highest BCUT2D eigenvalue weighted by Gasteiger charge is 2.41. The molecule has 2 N–H and O–H groups in total. The highest BCUT2D eigenvalue weighted by molar-refractivity contribution is 5.79. The number of amides is 3.